The second-order valence-corrected chi connectivity index (χ2v) is 4.31. The van der Waals surface area contributed by atoms with Crippen LogP contribution in [0, 0.1) is 5.92 Å². The molecule has 0 amide bonds. The first-order valence-corrected chi connectivity index (χ1v) is 5.63. The molecule has 0 radical (unpaired) electrons. The van der Waals surface area contributed by atoms with Crippen LogP contribution in [0.3, 0.4) is 0 Å². The summed E-state index contributed by atoms with van der Waals surface area (Å²) in [6, 6.07) is 2.03. The van der Waals surface area contributed by atoms with Gasteiger partial charge in [-0.3, -0.25) is 4.68 Å². The van der Waals surface area contributed by atoms with Crippen molar-refractivity contribution in [2.24, 2.45) is 13.0 Å². The van der Waals surface area contributed by atoms with Gasteiger partial charge in [-0.2, -0.15) is 5.10 Å². The van der Waals surface area contributed by atoms with E-state index < -0.39 is 0 Å². The van der Waals surface area contributed by atoms with Gasteiger partial charge in [-0.1, -0.05) is 0 Å². The largest absolute Gasteiger partial charge is 0.392 e. The zero-order chi connectivity index (χ0) is 10.7. The minimum Gasteiger partial charge on any atom is -0.392 e. The fraction of sp³-hybridized carbons (Fsp3) is 0.727. The molecule has 2 N–H and O–H groups in total. The third kappa shape index (κ3) is 3.04. The Balaban J connectivity index is 1.60. The van der Waals surface area contributed by atoms with E-state index >= 15 is 0 Å². The van der Waals surface area contributed by atoms with Crippen molar-refractivity contribution in [3.05, 3.63) is 18.0 Å². The van der Waals surface area contributed by atoms with Gasteiger partial charge in [0.05, 0.1) is 6.10 Å². The molecule has 1 heterocycles. The summed E-state index contributed by atoms with van der Waals surface area (Å²) in [7, 11) is 1.95. The Hall–Kier alpha value is -0.870. The predicted octanol–water partition coefficient (Wildman–Crippen LogP) is 0.323. The minimum atomic E-state index is -0.142. The van der Waals surface area contributed by atoms with Crippen molar-refractivity contribution in [1.82, 2.24) is 15.1 Å². The van der Waals surface area contributed by atoms with E-state index in [1.807, 2.05) is 24.0 Å². The van der Waals surface area contributed by atoms with Crippen LogP contribution in [0.25, 0.3) is 0 Å². The lowest BCUT2D eigenvalue weighted by molar-refractivity contribution is 0.149. The van der Waals surface area contributed by atoms with E-state index in [4.69, 9.17) is 0 Å². The molecule has 1 unspecified atom stereocenters. The number of hydrogen-bond acceptors (Lipinski definition) is 3. The molecule has 1 atom stereocenters. The molecule has 15 heavy (non-hydrogen) atoms. The Bertz CT molecular complexity index is 307. The van der Waals surface area contributed by atoms with Gasteiger partial charge < -0.3 is 10.4 Å². The Kier molecular flexibility index (Phi) is 3.38. The van der Waals surface area contributed by atoms with Gasteiger partial charge in [0.25, 0.3) is 0 Å². The van der Waals surface area contributed by atoms with Crippen LogP contribution in [-0.2, 0) is 13.5 Å². The number of aromatic nitrogens is 2. The maximum atomic E-state index is 9.62. The molecular formula is C11H19N3O. The van der Waals surface area contributed by atoms with Crippen LogP contribution < -0.4 is 5.32 Å². The van der Waals surface area contributed by atoms with Gasteiger partial charge in [0, 0.05) is 38.4 Å². The third-order valence-electron chi connectivity index (χ3n) is 3.00. The Morgan fingerprint density at radius 3 is 3.07 bits per heavy atom. The molecule has 2 rings (SSSR count). The molecule has 4 heteroatoms. The number of hydrogen-bond donors (Lipinski definition) is 2. The second kappa shape index (κ2) is 4.77. The normalized spacial score (nSPS) is 18.0. The van der Waals surface area contributed by atoms with Gasteiger partial charge in [-0.05, 0) is 24.8 Å². The first-order chi connectivity index (χ1) is 7.27. The van der Waals surface area contributed by atoms with E-state index in [0.29, 0.717) is 5.92 Å². The van der Waals surface area contributed by atoms with E-state index in [2.05, 4.69) is 10.4 Å². The quantitative estimate of drug-likeness (QED) is 0.664. The highest BCUT2D eigenvalue weighted by Crippen LogP contribution is 2.32. The second-order valence-electron chi connectivity index (χ2n) is 4.31. The van der Waals surface area contributed by atoms with Gasteiger partial charge >= 0.3 is 0 Å². The number of nitrogens with zero attached hydrogens (tertiary/aromatic N) is 2. The van der Waals surface area contributed by atoms with Crippen LogP contribution >= 0.6 is 0 Å². The number of rotatable bonds is 6. The molecule has 84 valence electrons. The summed E-state index contributed by atoms with van der Waals surface area (Å²) < 4.78 is 1.89. The van der Waals surface area contributed by atoms with E-state index in [0.717, 1.165) is 19.5 Å². The Morgan fingerprint density at radius 1 is 1.67 bits per heavy atom. The van der Waals surface area contributed by atoms with Crippen LogP contribution in [0.1, 0.15) is 18.5 Å². The minimum absolute atomic E-state index is 0.142. The topological polar surface area (TPSA) is 50.1 Å². The van der Waals surface area contributed by atoms with Crippen molar-refractivity contribution in [2.45, 2.75) is 25.4 Å². The average Bonchev–Trinajstić information content (AvgIpc) is 2.99. The van der Waals surface area contributed by atoms with Gasteiger partial charge in [-0.25, -0.2) is 0 Å². The molecule has 1 aliphatic carbocycles. The summed E-state index contributed by atoms with van der Waals surface area (Å²) in [6.45, 7) is 1.63. The number of aliphatic hydroxyl groups excluding tert-OH is 1. The Labute approximate surface area is 90.3 Å². The van der Waals surface area contributed by atoms with Crippen molar-refractivity contribution in [1.29, 1.82) is 0 Å². The van der Waals surface area contributed by atoms with Crippen LogP contribution in [0.4, 0.5) is 0 Å². The highest BCUT2D eigenvalue weighted by atomic mass is 16.3. The van der Waals surface area contributed by atoms with Crippen molar-refractivity contribution in [3.8, 4) is 0 Å². The highest BCUT2D eigenvalue weighted by molar-refractivity contribution is 5.00. The van der Waals surface area contributed by atoms with E-state index in [-0.39, 0.29) is 6.10 Å². The van der Waals surface area contributed by atoms with Crippen molar-refractivity contribution in [3.63, 3.8) is 0 Å². The SMILES string of the molecule is Cn1nccc1CCNCC(O)C1CC1. The fourth-order valence-electron chi connectivity index (χ4n) is 1.76. The number of nitrogens with one attached hydrogen (secondary N) is 1. The molecule has 0 saturated heterocycles. The molecule has 1 aromatic rings. The fourth-order valence-corrected chi connectivity index (χ4v) is 1.76. The molecule has 1 fully saturated rings. The predicted molar refractivity (Wildman–Crippen MR) is 58.5 cm³/mol. The van der Waals surface area contributed by atoms with Crippen LogP contribution in [0.2, 0.25) is 0 Å². The molecule has 0 bridgehead atoms. The maximum absolute atomic E-state index is 9.62. The maximum Gasteiger partial charge on any atom is 0.0692 e. The molecule has 0 spiro atoms. The smallest absolute Gasteiger partial charge is 0.0692 e. The summed E-state index contributed by atoms with van der Waals surface area (Å²) in [4.78, 5) is 0. The summed E-state index contributed by atoms with van der Waals surface area (Å²) in [5.74, 6) is 0.564. The lowest BCUT2D eigenvalue weighted by Gasteiger charge is -2.10. The molecule has 0 aromatic carbocycles. The van der Waals surface area contributed by atoms with Crippen molar-refractivity contribution in [2.75, 3.05) is 13.1 Å². The first kappa shape index (κ1) is 10.6. The lowest BCUT2D eigenvalue weighted by atomic mass is 10.2. The molecule has 0 aliphatic heterocycles. The Morgan fingerprint density at radius 2 is 2.47 bits per heavy atom. The molecule has 1 aliphatic rings. The average molecular weight is 209 g/mol. The van der Waals surface area contributed by atoms with Crippen LogP contribution in [0.5, 0.6) is 0 Å². The van der Waals surface area contributed by atoms with Gasteiger partial charge in [-0.15, -0.1) is 0 Å². The van der Waals surface area contributed by atoms with Crippen LogP contribution in [0.15, 0.2) is 12.3 Å². The lowest BCUT2D eigenvalue weighted by Crippen LogP contribution is -2.29. The zero-order valence-corrected chi connectivity index (χ0v) is 9.19. The number of aliphatic hydroxyl groups is 1. The van der Waals surface area contributed by atoms with E-state index in [1.165, 1.54) is 18.5 Å². The van der Waals surface area contributed by atoms with Gasteiger partial charge in [0.1, 0.15) is 0 Å². The van der Waals surface area contributed by atoms with Crippen molar-refractivity contribution >= 4 is 0 Å². The summed E-state index contributed by atoms with van der Waals surface area (Å²) in [5, 5.41) is 17.0. The summed E-state index contributed by atoms with van der Waals surface area (Å²) in [6.07, 6.45) is 5.04. The first-order valence-electron chi connectivity index (χ1n) is 5.63. The monoisotopic (exact) mass is 209 g/mol. The zero-order valence-electron chi connectivity index (χ0n) is 9.19. The molecule has 4 nitrogen and oxygen atoms in total. The molecule has 1 aromatic heterocycles. The van der Waals surface area contributed by atoms with Gasteiger partial charge in [0.15, 0.2) is 0 Å². The highest BCUT2D eigenvalue weighted by Gasteiger charge is 2.28. The molecular weight excluding hydrogens is 190 g/mol. The third-order valence-corrected chi connectivity index (χ3v) is 3.00. The standard InChI is InChI=1S/C11H19N3O/c1-14-10(5-7-13-14)4-6-12-8-11(15)9-2-3-9/h5,7,9,11-12,15H,2-4,6,8H2,1H3. The summed E-state index contributed by atoms with van der Waals surface area (Å²) in [5.41, 5.74) is 1.23. The van der Waals surface area contributed by atoms with Gasteiger partial charge in [0.2, 0.25) is 0 Å². The van der Waals surface area contributed by atoms with Crippen molar-refractivity contribution < 1.29 is 5.11 Å². The summed E-state index contributed by atoms with van der Waals surface area (Å²) >= 11 is 0. The molecule has 1 saturated carbocycles. The van der Waals surface area contributed by atoms with E-state index in [9.17, 15) is 5.11 Å². The number of aryl methyl sites for hydroxylation is 1. The van der Waals surface area contributed by atoms with E-state index in [1.54, 1.807) is 0 Å². The van der Waals surface area contributed by atoms with Crippen LogP contribution in [-0.4, -0.2) is 34.1 Å².